The van der Waals surface area contributed by atoms with Gasteiger partial charge in [-0.3, -0.25) is 0 Å². The Morgan fingerprint density at radius 3 is 2.85 bits per heavy atom. The highest BCUT2D eigenvalue weighted by atomic mass is 32.2. The van der Waals surface area contributed by atoms with Crippen LogP contribution in [-0.4, -0.2) is 32.4 Å². The lowest BCUT2D eigenvalue weighted by molar-refractivity contribution is 0.389. The Morgan fingerprint density at radius 1 is 1.50 bits per heavy atom. The Kier molecular flexibility index (Phi) is 5.23. The van der Waals surface area contributed by atoms with E-state index in [9.17, 15) is 8.42 Å². The molecule has 0 bridgehead atoms. The van der Waals surface area contributed by atoms with Crippen LogP contribution in [0.3, 0.4) is 0 Å². The van der Waals surface area contributed by atoms with Gasteiger partial charge in [0.25, 0.3) is 10.0 Å². The highest BCUT2D eigenvalue weighted by molar-refractivity contribution is 7.91. The third-order valence-corrected chi connectivity index (χ3v) is 7.26. The Morgan fingerprint density at radius 2 is 2.25 bits per heavy atom. The van der Waals surface area contributed by atoms with Gasteiger partial charge in [-0.05, 0) is 41.8 Å². The molecule has 1 aliphatic rings. The van der Waals surface area contributed by atoms with Crippen LogP contribution in [0, 0.1) is 11.8 Å². The largest absolute Gasteiger partial charge is 0.313 e. The predicted molar refractivity (Wildman–Crippen MR) is 83.4 cm³/mol. The lowest BCUT2D eigenvalue weighted by Crippen LogP contribution is -2.29. The molecule has 1 aromatic heterocycles. The van der Waals surface area contributed by atoms with Gasteiger partial charge in [0.2, 0.25) is 0 Å². The van der Waals surface area contributed by atoms with Crippen LogP contribution in [0.1, 0.15) is 32.8 Å². The number of nitrogens with zero attached hydrogens (tertiary/aromatic N) is 1. The standard InChI is InChI=1S/C14H24N2O2S2/c1-4-15-8-12-7-14(19-10-12)20(17,18)16-6-5-13(9-16)11(2)3/h7,10-11,13,15H,4-6,8-9H2,1-3H3. The van der Waals surface area contributed by atoms with Crippen molar-refractivity contribution >= 4 is 21.4 Å². The maximum atomic E-state index is 12.6. The van der Waals surface area contributed by atoms with Gasteiger partial charge in [0.1, 0.15) is 4.21 Å². The normalized spacial score (nSPS) is 20.9. The molecular weight excluding hydrogens is 292 g/mol. The first kappa shape index (κ1) is 15.9. The fraction of sp³-hybridized carbons (Fsp3) is 0.714. The molecule has 0 saturated carbocycles. The average molecular weight is 316 g/mol. The average Bonchev–Trinajstić information content (AvgIpc) is 3.05. The van der Waals surface area contributed by atoms with Crippen molar-refractivity contribution in [3.8, 4) is 0 Å². The summed E-state index contributed by atoms with van der Waals surface area (Å²) in [4.78, 5) is 0. The molecule has 20 heavy (non-hydrogen) atoms. The molecule has 1 saturated heterocycles. The highest BCUT2D eigenvalue weighted by Gasteiger charge is 2.34. The zero-order valence-electron chi connectivity index (χ0n) is 12.4. The Bertz CT molecular complexity index is 537. The van der Waals surface area contributed by atoms with Gasteiger partial charge >= 0.3 is 0 Å². The molecule has 6 heteroatoms. The second-order valence-electron chi connectivity index (χ2n) is 5.71. The van der Waals surface area contributed by atoms with Crippen LogP contribution < -0.4 is 5.32 Å². The maximum absolute atomic E-state index is 12.6. The van der Waals surface area contributed by atoms with Crippen LogP contribution in [0.5, 0.6) is 0 Å². The molecule has 1 fully saturated rings. The Balaban J connectivity index is 2.09. The van der Waals surface area contributed by atoms with E-state index in [1.54, 1.807) is 4.31 Å². The smallest absolute Gasteiger partial charge is 0.252 e. The summed E-state index contributed by atoms with van der Waals surface area (Å²) < 4.78 is 27.3. The van der Waals surface area contributed by atoms with Crippen LogP contribution in [0.4, 0.5) is 0 Å². The van der Waals surface area contributed by atoms with E-state index in [2.05, 4.69) is 19.2 Å². The summed E-state index contributed by atoms with van der Waals surface area (Å²) in [5.74, 6) is 1.04. The molecule has 114 valence electrons. The zero-order valence-corrected chi connectivity index (χ0v) is 14.1. The van der Waals surface area contributed by atoms with Crippen molar-refractivity contribution in [3.05, 3.63) is 17.0 Å². The first-order valence-corrected chi connectivity index (χ1v) is 9.55. The van der Waals surface area contributed by atoms with Gasteiger partial charge in [0, 0.05) is 19.6 Å². The topological polar surface area (TPSA) is 49.4 Å². The van der Waals surface area contributed by atoms with Crippen LogP contribution in [0.25, 0.3) is 0 Å². The van der Waals surface area contributed by atoms with Crippen molar-refractivity contribution in [2.75, 3.05) is 19.6 Å². The Labute approximate surface area is 126 Å². The molecule has 1 aromatic rings. The van der Waals surface area contributed by atoms with Gasteiger partial charge in [0.05, 0.1) is 0 Å². The third-order valence-electron chi connectivity index (χ3n) is 3.93. The molecule has 1 atom stereocenters. The monoisotopic (exact) mass is 316 g/mol. The van der Waals surface area contributed by atoms with Crippen molar-refractivity contribution in [2.45, 2.75) is 37.9 Å². The van der Waals surface area contributed by atoms with Crippen molar-refractivity contribution < 1.29 is 8.42 Å². The number of rotatable bonds is 6. The Hall–Kier alpha value is -0.430. The van der Waals surface area contributed by atoms with Crippen LogP contribution in [0.2, 0.25) is 0 Å². The minimum absolute atomic E-state index is 0.481. The second-order valence-corrected chi connectivity index (χ2v) is 8.79. The molecule has 1 unspecified atom stereocenters. The van der Waals surface area contributed by atoms with Gasteiger partial charge in [-0.25, -0.2) is 8.42 Å². The summed E-state index contributed by atoms with van der Waals surface area (Å²) in [5, 5.41) is 5.16. The molecule has 0 spiro atoms. The first-order valence-electron chi connectivity index (χ1n) is 7.23. The third kappa shape index (κ3) is 3.42. The van der Waals surface area contributed by atoms with Gasteiger partial charge in [-0.1, -0.05) is 20.8 Å². The van der Waals surface area contributed by atoms with Crippen LogP contribution >= 0.6 is 11.3 Å². The van der Waals surface area contributed by atoms with Crippen LogP contribution in [-0.2, 0) is 16.6 Å². The van der Waals surface area contributed by atoms with Gasteiger partial charge in [0.15, 0.2) is 0 Å². The minimum Gasteiger partial charge on any atom is -0.313 e. The quantitative estimate of drug-likeness (QED) is 0.877. The molecule has 1 N–H and O–H groups in total. The summed E-state index contributed by atoms with van der Waals surface area (Å²) in [6, 6.07) is 1.81. The van der Waals surface area contributed by atoms with E-state index in [1.165, 1.54) is 11.3 Å². The summed E-state index contributed by atoms with van der Waals surface area (Å²) in [6.07, 6.45) is 0.979. The molecule has 1 aliphatic heterocycles. The molecular formula is C14H24N2O2S2. The fourth-order valence-electron chi connectivity index (χ4n) is 2.49. The lowest BCUT2D eigenvalue weighted by Gasteiger charge is -2.17. The number of thiophene rings is 1. The number of hydrogen-bond acceptors (Lipinski definition) is 4. The van der Waals surface area contributed by atoms with Crippen molar-refractivity contribution in [2.24, 2.45) is 11.8 Å². The molecule has 0 radical (unpaired) electrons. The van der Waals surface area contributed by atoms with E-state index >= 15 is 0 Å². The second kappa shape index (κ2) is 6.56. The maximum Gasteiger partial charge on any atom is 0.252 e. The lowest BCUT2D eigenvalue weighted by atomic mass is 9.96. The first-order chi connectivity index (χ1) is 9.45. The van der Waals surface area contributed by atoms with E-state index in [0.717, 1.165) is 25.1 Å². The SMILES string of the molecule is CCNCc1csc(S(=O)(=O)N2CCC(C(C)C)C2)c1. The number of hydrogen-bond donors (Lipinski definition) is 1. The summed E-state index contributed by atoms with van der Waals surface area (Å²) in [7, 11) is -3.29. The molecule has 2 heterocycles. The van der Waals surface area contributed by atoms with E-state index < -0.39 is 10.0 Å². The van der Waals surface area contributed by atoms with E-state index in [1.807, 2.05) is 18.4 Å². The van der Waals surface area contributed by atoms with Crippen molar-refractivity contribution in [1.29, 1.82) is 0 Å². The van der Waals surface area contributed by atoms with E-state index in [4.69, 9.17) is 0 Å². The summed E-state index contributed by atoms with van der Waals surface area (Å²) >= 11 is 1.33. The fourth-order valence-corrected chi connectivity index (χ4v) is 5.37. The molecule has 0 aliphatic carbocycles. The molecule has 0 amide bonds. The van der Waals surface area contributed by atoms with Crippen LogP contribution in [0.15, 0.2) is 15.7 Å². The minimum atomic E-state index is -3.29. The summed E-state index contributed by atoms with van der Waals surface area (Å²) in [5.41, 5.74) is 1.05. The van der Waals surface area contributed by atoms with Gasteiger partial charge in [-0.15, -0.1) is 11.3 Å². The van der Waals surface area contributed by atoms with Gasteiger partial charge in [-0.2, -0.15) is 4.31 Å². The highest BCUT2D eigenvalue weighted by Crippen LogP contribution is 2.31. The zero-order chi connectivity index (χ0) is 14.8. The molecule has 4 nitrogen and oxygen atoms in total. The van der Waals surface area contributed by atoms with Crippen molar-refractivity contribution in [1.82, 2.24) is 9.62 Å². The summed E-state index contributed by atoms with van der Waals surface area (Å²) in [6.45, 7) is 9.32. The van der Waals surface area contributed by atoms with E-state index in [0.29, 0.717) is 29.1 Å². The molecule has 0 aromatic carbocycles. The van der Waals surface area contributed by atoms with E-state index in [-0.39, 0.29) is 0 Å². The predicted octanol–water partition coefficient (Wildman–Crippen LogP) is 2.52. The molecule has 2 rings (SSSR count). The van der Waals surface area contributed by atoms with Gasteiger partial charge < -0.3 is 5.32 Å². The number of nitrogens with one attached hydrogen (secondary N) is 1. The number of sulfonamides is 1. The van der Waals surface area contributed by atoms with Crippen molar-refractivity contribution in [3.63, 3.8) is 0 Å².